The highest BCUT2D eigenvalue weighted by atomic mass is 16.5. The summed E-state index contributed by atoms with van der Waals surface area (Å²) >= 11 is 0. The molecule has 5 nitrogen and oxygen atoms in total. The molecule has 0 unspecified atom stereocenters. The standard InChI is InChI=1S/C20H27N3O2/c1-3-19-21-10-13-23(19)15-17-8-11-22(12-9-17)20(24)14-16-4-6-18(25-2)7-5-16/h4-7,10,13,17H,3,8-9,11-12,14-15H2,1-2H3. The molecule has 1 fully saturated rings. The van der Waals surface area contributed by atoms with Crippen LogP contribution in [0.25, 0.3) is 0 Å². The molecule has 0 N–H and O–H groups in total. The summed E-state index contributed by atoms with van der Waals surface area (Å²) in [5.74, 6) is 2.83. The lowest BCUT2D eigenvalue weighted by Crippen LogP contribution is -2.40. The maximum absolute atomic E-state index is 12.5. The van der Waals surface area contributed by atoms with Crippen LogP contribution in [0, 0.1) is 5.92 Å². The van der Waals surface area contributed by atoms with Crippen molar-refractivity contribution in [2.75, 3.05) is 20.2 Å². The van der Waals surface area contributed by atoms with E-state index in [0.29, 0.717) is 12.3 Å². The molecule has 1 aliphatic heterocycles. The zero-order valence-corrected chi connectivity index (χ0v) is 15.1. The lowest BCUT2D eigenvalue weighted by atomic mass is 9.96. The zero-order chi connectivity index (χ0) is 17.6. The number of nitrogens with zero attached hydrogens (tertiary/aromatic N) is 3. The van der Waals surface area contributed by atoms with E-state index in [4.69, 9.17) is 4.74 Å². The molecule has 0 atom stereocenters. The lowest BCUT2D eigenvalue weighted by molar-refractivity contribution is -0.131. The molecule has 0 radical (unpaired) electrons. The normalized spacial score (nSPS) is 15.4. The number of hydrogen-bond donors (Lipinski definition) is 0. The maximum Gasteiger partial charge on any atom is 0.226 e. The summed E-state index contributed by atoms with van der Waals surface area (Å²) in [5, 5.41) is 0. The quantitative estimate of drug-likeness (QED) is 0.812. The number of benzene rings is 1. The Labute approximate surface area is 149 Å². The molecule has 3 rings (SSSR count). The Hall–Kier alpha value is -2.30. The van der Waals surface area contributed by atoms with Gasteiger partial charge in [-0.15, -0.1) is 0 Å². The highest BCUT2D eigenvalue weighted by Crippen LogP contribution is 2.21. The number of carbonyl (C=O) groups excluding carboxylic acids is 1. The van der Waals surface area contributed by atoms with Gasteiger partial charge >= 0.3 is 0 Å². The van der Waals surface area contributed by atoms with Crippen LogP contribution in [-0.2, 0) is 24.2 Å². The fourth-order valence-corrected chi connectivity index (χ4v) is 3.49. The molecule has 2 aromatic rings. The Morgan fingerprint density at radius 2 is 1.96 bits per heavy atom. The number of aryl methyl sites for hydroxylation is 1. The molecule has 2 heterocycles. The van der Waals surface area contributed by atoms with Crippen molar-refractivity contribution in [3.63, 3.8) is 0 Å². The second-order valence-corrected chi connectivity index (χ2v) is 6.70. The number of carbonyl (C=O) groups is 1. The van der Waals surface area contributed by atoms with Crippen LogP contribution in [0.1, 0.15) is 31.2 Å². The average molecular weight is 341 g/mol. The number of amides is 1. The first-order chi connectivity index (χ1) is 12.2. The van der Waals surface area contributed by atoms with Gasteiger partial charge in [-0.25, -0.2) is 4.98 Å². The number of rotatable bonds is 6. The molecule has 0 saturated carbocycles. The summed E-state index contributed by atoms with van der Waals surface area (Å²) in [4.78, 5) is 18.9. The Morgan fingerprint density at radius 3 is 2.60 bits per heavy atom. The third-order valence-electron chi connectivity index (χ3n) is 5.05. The SMILES string of the molecule is CCc1nccn1CC1CCN(C(=O)Cc2ccc(OC)cc2)CC1. The van der Waals surface area contributed by atoms with E-state index in [-0.39, 0.29) is 5.91 Å². The van der Waals surface area contributed by atoms with E-state index in [1.165, 1.54) is 0 Å². The van der Waals surface area contributed by atoms with E-state index in [2.05, 4.69) is 22.7 Å². The van der Waals surface area contributed by atoms with Gasteiger partial charge < -0.3 is 14.2 Å². The van der Waals surface area contributed by atoms with Crippen LogP contribution in [0.4, 0.5) is 0 Å². The summed E-state index contributed by atoms with van der Waals surface area (Å²) in [6.45, 7) is 4.87. The topological polar surface area (TPSA) is 47.4 Å². The molecule has 0 bridgehead atoms. The first kappa shape index (κ1) is 17.5. The Kier molecular flexibility index (Phi) is 5.74. The number of hydrogen-bond acceptors (Lipinski definition) is 3. The minimum atomic E-state index is 0.223. The molecule has 1 aromatic carbocycles. The molecule has 1 saturated heterocycles. The van der Waals surface area contributed by atoms with Gasteiger partial charge in [0.25, 0.3) is 0 Å². The number of imidazole rings is 1. The van der Waals surface area contributed by atoms with Crippen LogP contribution >= 0.6 is 0 Å². The van der Waals surface area contributed by atoms with Crippen molar-refractivity contribution in [2.45, 2.75) is 39.2 Å². The number of ether oxygens (including phenoxy) is 1. The van der Waals surface area contributed by atoms with E-state index in [1.54, 1.807) is 7.11 Å². The monoisotopic (exact) mass is 341 g/mol. The van der Waals surface area contributed by atoms with Crippen molar-refractivity contribution in [3.05, 3.63) is 48.0 Å². The second-order valence-electron chi connectivity index (χ2n) is 6.70. The maximum atomic E-state index is 12.5. The van der Waals surface area contributed by atoms with Crippen molar-refractivity contribution >= 4 is 5.91 Å². The summed E-state index contributed by atoms with van der Waals surface area (Å²) < 4.78 is 7.42. The van der Waals surface area contributed by atoms with Gasteiger partial charge in [-0.1, -0.05) is 19.1 Å². The van der Waals surface area contributed by atoms with Gasteiger partial charge in [-0.05, 0) is 36.5 Å². The van der Waals surface area contributed by atoms with E-state index in [1.807, 2.05) is 35.4 Å². The largest absolute Gasteiger partial charge is 0.497 e. The molecule has 5 heteroatoms. The fraction of sp³-hybridized carbons (Fsp3) is 0.500. The van der Waals surface area contributed by atoms with Crippen LogP contribution < -0.4 is 4.74 Å². The molecule has 0 spiro atoms. The fourth-order valence-electron chi connectivity index (χ4n) is 3.49. The Morgan fingerprint density at radius 1 is 1.24 bits per heavy atom. The van der Waals surface area contributed by atoms with E-state index in [9.17, 15) is 4.79 Å². The lowest BCUT2D eigenvalue weighted by Gasteiger charge is -2.32. The first-order valence-electron chi connectivity index (χ1n) is 9.10. The number of methoxy groups -OCH3 is 1. The smallest absolute Gasteiger partial charge is 0.226 e. The molecule has 25 heavy (non-hydrogen) atoms. The van der Waals surface area contributed by atoms with Crippen molar-refractivity contribution < 1.29 is 9.53 Å². The minimum absolute atomic E-state index is 0.223. The average Bonchev–Trinajstić information content (AvgIpc) is 3.10. The number of aromatic nitrogens is 2. The van der Waals surface area contributed by atoms with Crippen molar-refractivity contribution in [2.24, 2.45) is 5.92 Å². The van der Waals surface area contributed by atoms with Crippen molar-refractivity contribution in [1.82, 2.24) is 14.5 Å². The van der Waals surface area contributed by atoms with Gasteiger partial charge in [0.15, 0.2) is 0 Å². The van der Waals surface area contributed by atoms with Gasteiger partial charge in [-0.3, -0.25) is 4.79 Å². The van der Waals surface area contributed by atoms with Crippen molar-refractivity contribution in [3.8, 4) is 5.75 Å². The van der Waals surface area contributed by atoms with Gasteiger partial charge in [0.05, 0.1) is 13.5 Å². The van der Waals surface area contributed by atoms with E-state index in [0.717, 1.165) is 56.0 Å². The highest BCUT2D eigenvalue weighted by Gasteiger charge is 2.23. The summed E-state index contributed by atoms with van der Waals surface area (Å²) in [6.07, 6.45) is 7.51. The second kappa shape index (κ2) is 8.19. The molecular formula is C20H27N3O2. The number of piperidine rings is 1. The summed E-state index contributed by atoms with van der Waals surface area (Å²) in [6, 6.07) is 7.75. The molecule has 1 aromatic heterocycles. The predicted molar refractivity (Wildman–Crippen MR) is 97.6 cm³/mol. The third-order valence-corrected chi connectivity index (χ3v) is 5.05. The molecule has 1 aliphatic rings. The van der Waals surface area contributed by atoms with Crippen LogP contribution in [0.3, 0.4) is 0 Å². The first-order valence-corrected chi connectivity index (χ1v) is 9.10. The van der Waals surface area contributed by atoms with Gasteiger partial charge in [0.2, 0.25) is 5.91 Å². The van der Waals surface area contributed by atoms with E-state index >= 15 is 0 Å². The Balaban J connectivity index is 1.48. The Bertz CT molecular complexity index is 685. The third kappa shape index (κ3) is 4.41. The van der Waals surface area contributed by atoms with Crippen LogP contribution in [0.2, 0.25) is 0 Å². The van der Waals surface area contributed by atoms with Crippen LogP contribution in [-0.4, -0.2) is 40.6 Å². The van der Waals surface area contributed by atoms with Crippen molar-refractivity contribution in [1.29, 1.82) is 0 Å². The molecular weight excluding hydrogens is 314 g/mol. The zero-order valence-electron chi connectivity index (χ0n) is 15.1. The molecule has 0 aliphatic carbocycles. The highest BCUT2D eigenvalue weighted by molar-refractivity contribution is 5.78. The summed E-state index contributed by atoms with van der Waals surface area (Å²) in [7, 11) is 1.65. The minimum Gasteiger partial charge on any atom is -0.497 e. The predicted octanol–water partition coefficient (Wildman–Crippen LogP) is 2.94. The van der Waals surface area contributed by atoms with E-state index < -0.39 is 0 Å². The van der Waals surface area contributed by atoms with Crippen LogP contribution in [0.5, 0.6) is 5.75 Å². The molecule has 134 valence electrons. The van der Waals surface area contributed by atoms with Gasteiger partial charge in [-0.2, -0.15) is 0 Å². The molecule has 1 amide bonds. The number of likely N-dealkylation sites (tertiary alicyclic amines) is 1. The van der Waals surface area contributed by atoms with Gasteiger partial charge in [0.1, 0.15) is 11.6 Å². The summed E-state index contributed by atoms with van der Waals surface area (Å²) in [5.41, 5.74) is 1.04. The van der Waals surface area contributed by atoms with Crippen LogP contribution in [0.15, 0.2) is 36.7 Å². The van der Waals surface area contributed by atoms with Gasteiger partial charge in [0, 0.05) is 38.4 Å².